The van der Waals surface area contributed by atoms with Gasteiger partial charge in [0.25, 0.3) is 0 Å². The molecule has 1 amide bonds. The van der Waals surface area contributed by atoms with Crippen molar-refractivity contribution in [1.29, 1.82) is 0 Å². The first-order valence-electron chi connectivity index (χ1n) is 10.7. The van der Waals surface area contributed by atoms with Gasteiger partial charge in [0.1, 0.15) is 5.75 Å². The van der Waals surface area contributed by atoms with Crippen LogP contribution in [-0.4, -0.2) is 63.4 Å². The van der Waals surface area contributed by atoms with E-state index in [1.807, 2.05) is 0 Å². The van der Waals surface area contributed by atoms with Crippen LogP contribution in [0.15, 0.2) is 47.4 Å². The number of hydrogen-bond donors (Lipinski definition) is 1. The first-order chi connectivity index (χ1) is 16.7. The van der Waals surface area contributed by atoms with Crippen LogP contribution < -0.4 is 10.1 Å². The number of benzene rings is 2. The summed E-state index contributed by atoms with van der Waals surface area (Å²) in [5.41, 5.74) is -3.72. The van der Waals surface area contributed by atoms with Crippen LogP contribution in [0.4, 0.5) is 32.0 Å². The normalized spacial score (nSPS) is 16.4. The Balaban J connectivity index is 1.66. The maximum Gasteiger partial charge on any atom is 0.416 e. The van der Waals surface area contributed by atoms with Crippen molar-refractivity contribution in [3.05, 3.63) is 53.6 Å². The first-order valence-corrected chi connectivity index (χ1v) is 12.1. The smallest absolute Gasteiger partial charge is 0.416 e. The van der Waals surface area contributed by atoms with Crippen LogP contribution >= 0.6 is 0 Å². The fraction of sp³-hybridized carbons (Fsp3) is 0.409. The lowest BCUT2D eigenvalue weighted by Crippen LogP contribution is -2.38. The molecule has 1 aliphatic heterocycles. The molecule has 198 valence electrons. The Morgan fingerprint density at radius 2 is 1.50 bits per heavy atom. The van der Waals surface area contributed by atoms with Gasteiger partial charge >= 0.3 is 12.4 Å². The van der Waals surface area contributed by atoms with Crippen LogP contribution in [-0.2, 0) is 27.2 Å². The van der Waals surface area contributed by atoms with Crippen molar-refractivity contribution in [3.63, 3.8) is 0 Å². The molecule has 0 aliphatic carbocycles. The van der Waals surface area contributed by atoms with Crippen LogP contribution in [0.1, 0.15) is 17.5 Å². The summed E-state index contributed by atoms with van der Waals surface area (Å²) in [6.45, 7) is 0.324. The minimum atomic E-state index is -5.04. The van der Waals surface area contributed by atoms with Gasteiger partial charge in [0, 0.05) is 25.3 Å². The average Bonchev–Trinajstić information content (AvgIpc) is 3.03. The van der Waals surface area contributed by atoms with E-state index in [2.05, 4.69) is 5.32 Å². The van der Waals surface area contributed by atoms with Crippen LogP contribution in [0, 0.1) is 0 Å². The van der Waals surface area contributed by atoms with Gasteiger partial charge in [-0.2, -0.15) is 30.6 Å². The molecule has 1 saturated heterocycles. The molecule has 7 nitrogen and oxygen atoms in total. The molecule has 3 rings (SSSR count). The fourth-order valence-corrected chi connectivity index (χ4v) is 5.14. The predicted octanol–water partition coefficient (Wildman–Crippen LogP) is 4.07. The van der Waals surface area contributed by atoms with Crippen molar-refractivity contribution in [2.75, 3.05) is 45.2 Å². The summed E-state index contributed by atoms with van der Waals surface area (Å²) < 4.78 is 110. The molecule has 0 atom stereocenters. The van der Waals surface area contributed by atoms with Gasteiger partial charge in [-0.25, -0.2) is 8.42 Å². The minimum Gasteiger partial charge on any atom is -0.497 e. The van der Waals surface area contributed by atoms with E-state index in [4.69, 9.17) is 4.74 Å². The number of rotatable bonds is 6. The molecule has 14 heteroatoms. The molecule has 0 aromatic heterocycles. The summed E-state index contributed by atoms with van der Waals surface area (Å²) in [5, 5.41) is 2.09. The van der Waals surface area contributed by atoms with Crippen LogP contribution in [0.3, 0.4) is 0 Å². The Bertz CT molecular complexity index is 1150. The zero-order valence-electron chi connectivity index (χ0n) is 19.0. The van der Waals surface area contributed by atoms with Gasteiger partial charge in [-0.05, 0) is 55.4 Å². The quantitative estimate of drug-likeness (QED) is 0.561. The van der Waals surface area contributed by atoms with E-state index in [0.29, 0.717) is 30.8 Å². The standard InChI is InChI=1S/C22H23F6N3O4S/c1-35-18-3-5-19(6-4-18)36(33,34)31-8-2-7-30(9-10-31)14-20(32)29-17-12-15(21(23,24)25)11-16(13-17)22(26,27)28/h3-6,11-13H,2,7-10,14H2,1H3,(H,29,32). The lowest BCUT2D eigenvalue weighted by molar-refractivity contribution is -0.143. The van der Waals surface area contributed by atoms with E-state index in [1.54, 1.807) is 4.90 Å². The van der Waals surface area contributed by atoms with Gasteiger partial charge in [-0.3, -0.25) is 9.69 Å². The average molecular weight is 539 g/mol. The summed E-state index contributed by atoms with van der Waals surface area (Å²) >= 11 is 0. The largest absolute Gasteiger partial charge is 0.497 e. The third-order valence-electron chi connectivity index (χ3n) is 5.48. The van der Waals surface area contributed by atoms with Crippen molar-refractivity contribution in [3.8, 4) is 5.75 Å². The van der Waals surface area contributed by atoms with Crippen LogP contribution in [0.2, 0.25) is 0 Å². The Morgan fingerprint density at radius 3 is 2.03 bits per heavy atom. The van der Waals surface area contributed by atoms with E-state index in [9.17, 15) is 39.6 Å². The number of amides is 1. The zero-order valence-corrected chi connectivity index (χ0v) is 19.8. The second-order valence-corrected chi connectivity index (χ2v) is 9.99. The summed E-state index contributed by atoms with van der Waals surface area (Å²) in [6.07, 6.45) is -9.71. The summed E-state index contributed by atoms with van der Waals surface area (Å²) in [4.78, 5) is 14.1. The molecule has 36 heavy (non-hydrogen) atoms. The first kappa shape index (κ1) is 27.7. The molecule has 2 aromatic rings. The van der Waals surface area contributed by atoms with Crippen LogP contribution in [0.25, 0.3) is 0 Å². The summed E-state index contributed by atoms with van der Waals surface area (Å²) in [7, 11) is -2.36. The minimum absolute atomic E-state index is 0.0255. The summed E-state index contributed by atoms with van der Waals surface area (Å²) in [6, 6.07) is 6.68. The van der Waals surface area contributed by atoms with Gasteiger partial charge in [-0.1, -0.05) is 0 Å². The van der Waals surface area contributed by atoms with Gasteiger partial charge in [-0.15, -0.1) is 0 Å². The van der Waals surface area contributed by atoms with Gasteiger partial charge in [0.2, 0.25) is 15.9 Å². The van der Waals surface area contributed by atoms with Crippen molar-refractivity contribution in [2.24, 2.45) is 0 Å². The Kier molecular flexibility index (Phi) is 8.20. The molecule has 2 aromatic carbocycles. The number of methoxy groups -OCH3 is 1. The number of hydrogen-bond acceptors (Lipinski definition) is 5. The molecule has 1 heterocycles. The molecule has 0 saturated carbocycles. The SMILES string of the molecule is COc1ccc(S(=O)(=O)N2CCCN(CC(=O)Nc3cc(C(F)(F)F)cc(C(F)(F)F)c3)CC2)cc1. The van der Waals surface area contributed by atoms with Crippen molar-refractivity contribution in [1.82, 2.24) is 9.21 Å². The van der Waals surface area contributed by atoms with Gasteiger partial charge < -0.3 is 10.1 Å². The van der Waals surface area contributed by atoms with Crippen molar-refractivity contribution >= 4 is 21.6 Å². The van der Waals surface area contributed by atoms with Gasteiger partial charge in [0.15, 0.2) is 0 Å². The number of sulfonamides is 1. The second kappa shape index (κ2) is 10.6. The van der Waals surface area contributed by atoms with Crippen molar-refractivity contribution < 1.29 is 44.3 Å². The van der Waals surface area contributed by atoms with E-state index >= 15 is 0 Å². The second-order valence-electron chi connectivity index (χ2n) is 8.05. The topological polar surface area (TPSA) is 79.0 Å². The number of ether oxygens (including phenoxy) is 1. The molecule has 0 spiro atoms. The molecule has 1 fully saturated rings. The number of carbonyl (C=O) groups excluding carboxylic acids is 1. The molecule has 0 unspecified atom stereocenters. The monoisotopic (exact) mass is 539 g/mol. The Hall–Kier alpha value is -2.84. The predicted molar refractivity (Wildman–Crippen MR) is 118 cm³/mol. The van der Waals surface area contributed by atoms with E-state index in [0.717, 1.165) is 0 Å². The Labute approximate surface area is 203 Å². The highest BCUT2D eigenvalue weighted by atomic mass is 32.2. The molecular formula is C22H23F6N3O4S. The highest BCUT2D eigenvalue weighted by Crippen LogP contribution is 2.37. The Morgan fingerprint density at radius 1 is 0.917 bits per heavy atom. The number of anilines is 1. The van der Waals surface area contributed by atoms with E-state index < -0.39 is 45.1 Å². The van der Waals surface area contributed by atoms with E-state index in [1.165, 1.54) is 35.7 Å². The molecular weight excluding hydrogens is 516 g/mol. The number of nitrogens with one attached hydrogen (secondary N) is 1. The zero-order chi connectivity index (χ0) is 26.7. The maximum absolute atomic E-state index is 13.0. The molecule has 0 bridgehead atoms. The van der Waals surface area contributed by atoms with Gasteiger partial charge in [0.05, 0.1) is 29.7 Å². The molecule has 1 N–H and O–H groups in total. The third kappa shape index (κ3) is 6.89. The summed E-state index contributed by atoms with van der Waals surface area (Å²) in [5.74, 6) is -0.334. The van der Waals surface area contributed by atoms with Crippen molar-refractivity contribution in [2.45, 2.75) is 23.7 Å². The lowest BCUT2D eigenvalue weighted by atomic mass is 10.1. The fourth-order valence-electron chi connectivity index (χ4n) is 3.67. The molecule has 0 radical (unpaired) electrons. The molecule has 1 aliphatic rings. The third-order valence-corrected chi connectivity index (χ3v) is 7.40. The maximum atomic E-state index is 13.0. The van der Waals surface area contributed by atoms with Crippen LogP contribution in [0.5, 0.6) is 5.75 Å². The number of alkyl halides is 6. The highest BCUT2D eigenvalue weighted by molar-refractivity contribution is 7.89. The van der Waals surface area contributed by atoms with E-state index in [-0.39, 0.29) is 37.1 Å². The number of nitrogens with zero attached hydrogens (tertiary/aromatic N) is 2. The lowest BCUT2D eigenvalue weighted by Gasteiger charge is -2.22. The highest BCUT2D eigenvalue weighted by Gasteiger charge is 2.37. The number of carbonyl (C=O) groups is 1. The number of halogens is 6.